The van der Waals surface area contributed by atoms with Crippen LogP contribution in [0.15, 0.2) is 35.3 Å². The average molecular weight is 408 g/mol. The van der Waals surface area contributed by atoms with Gasteiger partial charge >= 0.3 is 12.1 Å². The molecule has 7 heteroatoms. The molecule has 1 aliphatic heterocycles. The lowest BCUT2D eigenvalue weighted by Crippen LogP contribution is -2.32. The molecular formula is C23H24N2O5. The first kappa shape index (κ1) is 19.9. The van der Waals surface area contributed by atoms with Crippen molar-refractivity contribution < 1.29 is 19.4 Å². The zero-order valence-electron chi connectivity index (χ0n) is 17.4. The highest BCUT2D eigenvalue weighted by Gasteiger charge is 2.38. The van der Waals surface area contributed by atoms with Crippen LogP contribution in [0.4, 0.5) is 10.5 Å². The van der Waals surface area contributed by atoms with Gasteiger partial charge in [-0.25, -0.2) is 9.59 Å². The van der Waals surface area contributed by atoms with Crippen LogP contribution in [0.25, 0.3) is 11.1 Å². The molecule has 4 rings (SSSR count). The molecule has 1 aromatic carbocycles. The molecule has 2 aliphatic rings. The number of aromatic carboxylic acids is 1. The summed E-state index contributed by atoms with van der Waals surface area (Å²) in [5, 5.41) is 12.2. The van der Waals surface area contributed by atoms with Crippen LogP contribution in [0.3, 0.4) is 0 Å². The van der Waals surface area contributed by atoms with Gasteiger partial charge in [-0.1, -0.05) is 32.9 Å². The molecule has 2 N–H and O–H groups in total. The summed E-state index contributed by atoms with van der Waals surface area (Å²) in [5.74, 6) is -1.22. The van der Waals surface area contributed by atoms with Crippen LogP contribution in [0.2, 0.25) is 0 Å². The number of amides is 1. The van der Waals surface area contributed by atoms with Crippen molar-refractivity contribution in [2.24, 2.45) is 5.41 Å². The van der Waals surface area contributed by atoms with Crippen molar-refractivity contribution in [1.82, 2.24) is 4.57 Å². The van der Waals surface area contributed by atoms with E-state index in [1.165, 1.54) is 19.4 Å². The Hall–Kier alpha value is -3.35. The molecule has 0 unspecified atom stereocenters. The van der Waals surface area contributed by atoms with E-state index in [0.717, 1.165) is 28.0 Å². The van der Waals surface area contributed by atoms with Crippen molar-refractivity contribution in [2.75, 3.05) is 12.4 Å². The summed E-state index contributed by atoms with van der Waals surface area (Å²) in [6.07, 6.45) is 2.20. The number of carbonyl (C=O) groups excluding carboxylic acids is 1. The Morgan fingerprint density at radius 2 is 1.97 bits per heavy atom. The topological polar surface area (TPSA) is 97.6 Å². The number of carboxylic acid groups (broad SMARTS) is 1. The SMILES string of the molecule is COC(=O)Nc1cccc2c1CC1=C2C[C@@H](C(C)(C)C)n2cc(C(=O)O)c(=O)cc21. The number of rotatable bonds is 2. The van der Waals surface area contributed by atoms with Crippen molar-refractivity contribution in [1.29, 1.82) is 0 Å². The second kappa shape index (κ2) is 6.86. The molecule has 1 amide bonds. The zero-order valence-corrected chi connectivity index (χ0v) is 17.4. The predicted molar refractivity (Wildman–Crippen MR) is 114 cm³/mol. The first-order valence-electron chi connectivity index (χ1n) is 9.81. The van der Waals surface area contributed by atoms with Gasteiger partial charge in [0.05, 0.1) is 7.11 Å². The van der Waals surface area contributed by atoms with E-state index in [9.17, 15) is 19.5 Å². The zero-order chi connectivity index (χ0) is 21.8. The van der Waals surface area contributed by atoms with Gasteiger partial charge in [-0.15, -0.1) is 0 Å². The average Bonchev–Trinajstić information content (AvgIpc) is 3.06. The molecular weight excluding hydrogens is 384 g/mol. The Balaban J connectivity index is 1.90. The van der Waals surface area contributed by atoms with Crippen molar-refractivity contribution in [3.8, 4) is 0 Å². The monoisotopic (exact) mass is 408 g/mol. The number of fused-ring (bicyclic) bond motifs is 4. The molecule has 2 heterocycles. The Kier molecular flexibility index (Phi) is 4.56. The third kappa shape index (κ3) is 3.10. The van der Waals surface area contributed by atoms with Crippen LogP contribution < -0.4 is 10.7 Å². The van der Waals surface area contributed by atoms with Crippen LogP contribution in [0, 0.1) is 5.41 Å². The maximum atomic E-state index is 12.5. The Morgan fingerprint density at radius 1 is 1.23 bits per heavy atom. The molecule has 30 heavy (non-hydrogen) atoms. The van der Waals surface area contributed by atoms with Gasteiger partial charge in [0.2, 0.25) is 0 Å². The molecule has 0 spiro atoms. The number of ether oxygens (including phenoxy) is 1. The van der Waals surface area contributed by atoms with Crippen LogP contribution >= 0.6 is 0 Å². The number of methoxy groups -OCH3 is 1. The fourth-order valence-electron chi connectivity index (χ4n) is 4.49. The van der Waals surface area contributed by atoms with Gasteiger partial charge in [0.1, 0.15) is 5.56 Å². The van der Waals surface area contributed by atoms with Crippen molar-refractivity contribution in [3.05, 3.63) is 63.1 Å². The Bertz CT molecular complexity index is 1170. The molecule has 2 aromatic rings. The largest absolute Gasteiger partial charge is 0.477 e. The number of allylic oxidation sites excluding steroid dienone is 2. The van der Waals surface area contributed by atoms with E-state index in [1.807, 2.05) is 22.8 Å². The van der Waals surface area contributed by atoms with E-state index in [4.69, 9.17) is 4.74 Å². The lowest BCUT2D eigenvalue weighted by atomic mass is 9.78. The molecule has 0 fully saturated rings. The highest BCUT2D eigenvalue weighted by molar-refractivity contribution is 6.01. The summed E-state index contributed by atoms with van der Waals surface area (Å²) in [4.78, 5) is 35.9. The molecule has 0 saturated heterocycles. The summed E-state index contributed by atoms with van der Waals surface area (Å²) >= 11 is 0. The number of carbonyl (C=O) groups is 2. The summed E-state index contributed by atoms with van der Waals surface area (Å²) in [6, 6.07) is 7.17. The number of aromatic nitrogens is 1. The number of anilines is 1. The van der Waals surface area contributed by atoms with Gasteiger partial charge in [0.25, 0.3) is 0 Å². The van der Waals surface area contributed by atoms with Crippen molar-refractivity contribution >= 4 is 28.9 Å². The summed E-state index contributed by atoms with van der Waals surface area (Å²) < 4.78 is 6.68. The Morgan fingerprint density at radius 3 is 2.60 bits per heavy atom. The molecule has 7 nitrogen and oxygen atoms in total. The van der Waals surface area contributed by atoms with Crippen LogP contribution in [0.5, 0.6) is 0 Å². The maximum absolute atomic E-state index is 12.5. The van der Waals surface area contributed by atoms with E-state index in [2.05, 4.69) is 26.1 Å². The van der Waals surface area contributed by atoms with E-state index >= 15 is 0 Å². The van der Waals surface area contributed by atoms with E-state index in [0.29, 0.717) is 18.5 Å². The Labute approximate surface area is 174 Å². The highest BCUT2D eigenvalue weighted by Crippen LogP contribution is 2.51. The van der Waals surface area contributed by atoms with Gasteiger partial charge in [0.15, 0.2) is 5.43 Å². The lowest BCUT2D eigenvalue weighted by Gasteiger charge is -2.39. The maximum Gasteiger partial charge on any atom is 0.411 e. The second-order valence-electron chi connectivity index (χ2n) is 8.82. The predicted octanol–water partition coefficient (Wildman–Crippen LogP) is 4.18. The third-order valence-electron chi connectivity index (χ3n) is 5.99. The van der Waals surface area contributed by atoms with Crippen molar-refractivity contribution in [2.45, 2.75) is 39.7 Å². The molecule has 1 aliphatic carbocycles. The minimum absolute atomic E-state index is 0.0203. The molecule has 0 radical (unpaired) electrons. The second-order valence-corrected chi connectivity index (χ2v) is 8.82. The molecule has 0 saturated carbocycles. The van der Waals surface area contributed by atoms with E-state index in [1.54, 1.807) is 0 Å². The first-order chi connectivity index (χ1) is 14.1. The fraction of sp³-hybridized carbons (Fsp3) is 0.348. The quantitative estimate of drug-likeness (QED) is 0.777. The van der Waals surface area contributed by atoms with Gasteiger partial charge in [0, 0.05) is 36.1 Å². The number of carboxylic acids is 1. The van der Waals surface area contributed by atoms with Gasteiger partial charge in [-0.2, -0.15) is 0 Å². The number of nitrogens with zero attached hydrogens (tertiary/aromatic N) is 1. The van der Waals surface area contributed by atoms with Gasteiger partial charge in [-0.3, -0.25) is 10.1 Å². The van der Waals surface area contributed by atoms with E-state index in [-0.39, 0.29) is 17.0 Å². The number of hydrogen-bond donors (Lipinski definition) is 2. The summed E-state index contributed by atoms with van der Waals surface area (Å²) in [6.45, 7) is 6.32. The number of hydrogen-bond acceptors (Lipinski definition) is 4. The van der Waals surface area contributed by atoms with Crippen molar-refractivity contribution in [3.63, 3.8) is 0 Å². The van der Waals surface area contributed by atoms with Crippen LogP contribution in [-0.4, -0.2) is 28.8 Å². The smallest absolute Gasteiger partial charge is 0.411 e. The summed E-state index contributed by atoms with van der Waals surface area (Å²) in [5.41, 5.74) is 4.70. The first-order valence-corrected chi connectivity index (χ1v) is 9.81. The summed E-state index contributed by atoms with van der Waals surface area (Å²) in [7, 11) is 1.32. The molecule has 1 aromatic heterocycles. The normalized spacial score (nSPS) is 17.1. The van der Waals surface area contributed by atoms with Crippen LogP contribution in [0.1, 0.15) is 60.4 Å². The standard InChI is InChI=1S/C23H24N2O5/c1-23(2,3)20-9-13-12-6-5-7-17(24-22(29)30-4)14(12)8-15(13)18-10-19(26)16(21(27)28)11-25(18)20/h5-7,10-11,20H,8-9H2,1-4H3,(H,24,29)(H,27,28)/t20-/m0/s1. The fourth-order valence-corrected chi connectivity index (χ4v) is 4.49. The molecule has 1 atom stereocenters. The molecule has 0 bridgehead atoms. The minimum atomic E-state index is -1.22. The number of benzene rings is 1. The lowest BCUT2D eigenvalue weighted by molar-refractivity contribution is 0.0693. The third-order valence-corrected chi connectivity index (χ3v) is 5.99. The van der Waals surface area contributed by atoms with Crippen LogP contribution in [-0.2, 0) is 11.2 Å². The van der Waals surface area contributed by atoms with Gasteiger partial charge < -0.3 is 14.4 Å². The minimum Gasteiger partial charge on any atom is -0.477 e. The molecule has 156 valence electrons. The highest BCUT2D eigenvalue weighted by atomic mass is 16.5. The van der Waals surface area contributed by atoms with Gasteiger partial charge in [-0.05, 0) is 40.2 Å². The van der Waals surface area contributed by atoms with E-state index < -0.39 is 17.5 Å². The number of nitrogens with one attached hydrogen (secondary N) is 1. The number of pyridine rings is 1.